The van der Waals surface area contributed by atoms with Gasteiger partial charge in [-0.25, -0.2) is 5.06 Å². The minimum absolute atomic E-state index is 0.0721. The molecule has 1 aromatic rings. The van der Waals surface area contributed by atoms with Crippen molar-refractivity contribution in [2.24, 2.45) is 0 Å². The molecule has 0 aliphatic carbocycles. The lowest BCUT2D eigenvalue weighted by atomic mass is 10.0. The molecule has 1 aliphatic rings. The highest BCUT2D eigenvalue weighted by Crippen LogP contribution is 2.16. The summed E-state index contributed by atoms with van der Waals surface area (Å²) in [6, 6.07) is 8.92. The second kappa shape index (κ2) is 5.18. The van der Waals surface area contributed by atoms with Crippen LogP contribution in [0.3, 0.4) is 0 Å². The zero-order chi connectivity index (χ0) is 13.1. The molecule has 0 saturated carbocycles. The standard InChI is InChI=1S/C13H16N2O3/c1-9-12(13(17)14-9)15(10(2)16)18-8-11-6-4-3-5-7-11/h3-7,9,12H,8H2,1-2H3,(H,14,17)/t9-,12-/m0/s1. The maximum atomic E-state index is 11.5. The van der Waals surface area contributed by atoms with Crippen LogP contribution in [0.4, 0.5) is 0 Å². The molecule has 1 aromatic carbocycles. The molecule has 0 aromatic heterocycles. The summed E-state index contributed by atoms with van der Waals surface area (Å²) >= 11 is 0. The first-order valence-electron chi connectivity index (χ1n) is 5.86. The molecule has 1 fully saturated rings. The molecule has 18 heavy (non-hydrogen) atoms. The summed E-state index contributed by atoms with van der Waals surface area (Å²) in [6.45, 7) is 3.51. The van der Waals surface area contributed by atoms with Crippen LogP contribution in [0.2, 0.25) is 0 Å². The maximum absolute atomic E-state index is 11.5. The number of hydrogen-bond donors (Lipinski definition) is 1. The number of benzene rings is 1. The molecule has 0 spiro atoms. The Hall–Kier alpha value is -1.88. The predicted molar refractivity (Wildman–Crippen MR) is 65.1 cm³/mol. The number of β-lactam (4-membered cyclic amide) rings is 1. The van der Waals surface area contributed by atoms with E-state index >= 15 is 0 Å². The van der Waals surface area contributed by atoms with Gasteiger partial charge in [-0.3, -0.25) is 14.4 Å². The Morgan fingerprint density at radius 1 is 1.39 bits per heavy atom. The van der Waals surface area contributed by atoms with Crippen molar-refractivity contribution in [3.63, 3.8) is 0 Å². The van der Waals surface area contributed by atoms with Gasteiger partial charge in [0, 0.05) is 6.92 Å². The van der Waals surface area contributed by atoms with Crippen molar-refractivity contribution in [3.8, 4) is 0 Å². The molecule has 1 N–H and O–H groups in total. The van der Waals surface area contributed by atoms with Gasteiger partial charge in [-0.15, -0.1) is 0 Å². The van der Waals surface area contributed by atoms with Crippen molar-refractivity contribution >= 4 is 11.8 Å². The average Bonchev–Trinajstić information content (AvgIpc) is 2.35. The third-order valence-electron chi connectivity index (χ3n) is 2.89. The fourth-order valence-corrected chi connectivity index (χ4v) is 1.91. The third-order valence-corrected chi connectivity index (χ3v) is 2.89. The zero-order valence-electron chi connectivity index (χ0n) is 10.4. The van der Waals surface area contributed by atoms with Crippen LogP contribution >= 0.6 is 0 Å². The number of amides is 2. The minimum atomic E-state index is -0.522. The second-order valence-corrected chi connectivity index (χ2v) is 4.35. The number of rotatable bonds is 4. The number of nitrogens with one attached hydrogen (secondary N) is 1. The highest BCUT2D eigenvalue weighted by molar-refractivity contribution is 5.92. The van der Waals surface area contributed by atoms with E-state index in [1.165, 1.54) is 6.92 Å². The summed E-state index contributed by atoms with van der Waals surface area (Å²) in [6.07, 6.45) is 0. The van der Waals surface area contributed by atoms with Crippen LogP contribution in [0.15, 0.2) is 30.3 Å². The molecule has 0 bridgehead atoms. The van der Waals surface area contributed by atoms with E-state index in [1.807, 2.05) is 37.3 Å². The Labute approximate surface area is 106 Å². The molecule has 1 heterocycles. The average molecular weight is 248 g/mol. The van der Waals surface area contributed by atoms with Gasteiger partial charge in [0.2, 0.25) is 11.8 Å². The maximum Gasteiger partial charge on any atom is 0.247 e. The van der Waals surface area contributed by atoms with E-state index in [9.17, 15) is 9.59 Å². The van der Waals surface area contributed by atoms with E-state index in [-0.39, 0.29) is 24.5 Å². The van der Waals surface area contributed by atoms with E-state index in [0.29, 0.717) is 0 Å². The number of hydrogen-bond acceptors (Lipinski definition) is 3. The number of nitrogens with zero attached hydrogens (tertiary/aromatic N) is 1. The van der Waals surface area contributed by atoms with Gasteiger partial charge in [0.1, 0.15) is 6.61 Å². The SMILES string of the molecule is CC(=O)N(OCc1ccccc1)[C@@H]1C(=O)N[C@H]1C. The van der Waals surface area contributed by atoms with Gasteiger partial charge in [0.15, 0.2) is 6.04 Å². The van der Waals surface area contributed by atoms with Crippen LogP contribution in [-0.4, -0.2) is 29.0 Å². The molecule has 5 heteroatoms. The van der Waals surface area contributed by atoms with Crippen LogP contribution in [0, 0.1) is 0 Å². The Bertz CT molecular complexity index is 447. The Kier molecular flexibility index (Phi) is 3.62. The Morgan fingerprint density at radius 2 is 2.06 bits per heavy atom. The Balaban J connectivity index is 1.99. The van der Waals surface area contributed by atoms with Crippen LogP contribution in [0.1, 0.15) is 19.4 Å². The van der Waals surface area contributed by atoms with Crippen molar-refractivity contribution in [1.29, 1.82) is 0 Å². The summed E-state index contributed by atoms with van der Waals surface area (Å²) in [5.41, 5.74) is 0.955. The van der Waals surface area contributed by atoms with Gasteiger partial charge >= 0.3 is 0 Å². The van der Waals surface area contributed by atoms with Crippen LogP contribution in [-0.2, 0) is 21.0 Å². The van der Waals surface area contributed by atoms with E-state index in [0.717, 1.165) is 10.6 Å². The summed E-state index contributed by atoms with van der Waals surface area (Å²) in [5, 5.41) is 3.84. The molecule has 2 rings (SSSR count). The monoisotopic (exact) mass is 248 g/mol. The van der Waals surface area contributed by atoms with Crippen LogP contribution in [0.25, 0.3) is 0 Å². The van der Waals surface area contributed by atoms with Crippen molar-refractivity contribution in [2.45, 2.75) is 32.5 Å². The van der Waals surface area contributed by atoms with E-state index < -0.39 is 6.04 Å². The first kappa shape index (κ1) is 12.6. The number of carbonyl (C=O) groups excluding carboxylic acids is 2. The second-order valence-electron chi connectivity index (χ2n) is 4.35. The fourth-order valence-electron chi connectivity index (χ4n) is 1.91. The first-order chi connectivity index (χ1) is 8.59. The van der Waals surface area contributed by atoms with Gasteiger partial charge in [-0.2, -0.15) is 0 Å². The van der Waals surface area contributed by atoms with Crippen LogP contribution < -0.4 is 5.32 Å². The predicted octanol–water partition coefficient (Wildman–Crippen LogP) is 0.854. The zero-order valence-corrected chi connectivity index (χ0v) is 10.4. The molecule has 2 atom stereocenters. The van der Waals surface area contributed by atoms with Gasteiger partial charge in [-0.05, 0) is 12.5 Å². The van der Waals surface area contributed by atoms with Gasteiger partial charge in [-0.1, -0.05) is 30.3 Å². The first-order valence-corrected chi connectivity index (χ1v) is 5.86. The fraction of sp³-hybridized carbons (Fsp3) is 0.385. The quantitative estimate of drug-likeness (QED) is 0.635. The molecule has 0 unspecified atom stereocenters. The van der Waals surface area contributed by atoms with E-state index in [4.69, 9.17) is 4.84 Å². The summed E-state index contributed by atoms with van der Waals surface area (Å²) in [4.78, 5) is 28.4. The summed E-state index contributed by atoms with van der Waals surface area (Å²) < 4.78 is 0. The molecule has 5 nitrogen and oxygen atoms in total. The normalized spacial score (nSPS) is 22.0. The van der Waals surface area contributed by atoms with Crippen molar-refractivity contribution < 1.29 is 14.4 Å². The lowest BCUT2D eigenvalue weighted by molar-refractivity contribution is -0.215. The highest BCUT2D eigenvalue weighted by Gasteiger charge is 2.43. The molecule has 0 radical (unpaired) electrons. The summed E-state index contributed by atoms with van der Waals surface area (Å²) in [5.74, 6) is -0.441. The molecule has 1 saturated heterocycles. The number of hydroxylamine groups is 2. The highest BCUT2D eigenvalue weighted by atomic mass is 16.7. The molecule has 96 valence electrons. The lowest BCUT2D eigenvalue weighted by Crippen LogP contribution is -2.68. The van der Waals surface area contributed by atoms with Crippen molar-refractivity contribution in [2.75, 3.05) is 0 Å². The molecular weight excluding hydrogens is 232 g/mol. The Morgan fingerprint density at radius 3 is 2.56 bits per heavy atom. The number of carbonyl (C=O) groups is 2. The minimum Gasteiger partial charge on any atom is -0.349 e. The molecule has 2 amide bonds. The third kappa shape index (κ3) is 2.51. The van der Waals surface area contributed by atoms with Crippen molar-refractivity contribution in [3.05, 3.63) is 35.9 Å². The van der Waals surface area contributed by atoms with E-state index in [1.54, 1.807) is 0 Å². The topological polar surface area (TPSA) is 58.6 Å². The lowest BCUT2D eigenvalue weighted by Gasteiger charge is -2.40. The van der Waals surface area contributed by atoms with Gasteiger partial charge in [0.05, 0.1) is 6.04 Å². The van der Waals surface area contributed by atoms with Gasteiger partial charge in [0.25, 0.3) is 0 Å². The van der Waals surface area contributed by atoms with Crippen molar-refractivity contribution in [1.82, 2.24) is 10.4 Å². The molecular formula is C13H16N2O3. The molecule has 1 aliphatic heterocycles. The smallest absolute Gasteiger partial charge is 0.247 e. The van der Waals surface area contributed by atoms with E-state index in [2.05, 4.69) is 5.32 Å². The largest absolute Gasteiger partial charge is 0.349 e. The van der Waals surface area contributed by atoms with Gasteiger partial charge < -0.3 is 5.32 Å². The van der Waals surface area contributed by atoms with Crippen LogP contribution in [0.5, 0.6) is 0 Å². The summed E-state index contributed by atoms with van der Waals surface area (Å²) in [7, 11) is 0.